The summed E-state index contributed by atoms with van der Waals surface area (Å²) in [7, 11) is 0. The predicted molar refractivity (Wildman–Crippen MR) is 104 cm³/mol. The zero-order valence-electron chi connectivity index (χ0n) is 16.0. The molecule has 2 N–H and O–H groups in total. The molecule has 5 heteroatoms. The van der Waals surface area contributed by atoms with Crippen LogP contribution in [-0.2, 0) is 9.53 Å². The maximum absolute atomic E-state index is 12.6. The highest BCUT2D eigenvalue weighted by Gasteiger charge is 2.21. The Morgan fingerprint density at radius 1 is 1.23 bits per heavy atom. The van der Waals surface area contributed by atoms with E-state index in [2.05, 4.69) is 46.7 Å². The van der Waals surface area contributed by atoms with Gasteiger partial charge >= 0.3 is 0 Å². The van der Waals surface area contributed by atoms with Gasteiger partial charge in [-0.05, 0) is 50.8 Å². The number of morpholine rings is 1. The largest absolute Gasteiger partial charge is 0.379 e. The van der Waals surface area contributed by atoms with Crippen LogP contribution >= 0.6 is 0 Å². The molecule has 0 aliphatic carbocycles. The summed E-state index contributed by atoms with van der Waals surface area (Å²) in [6, 6.07) is 8.60. The van der Waals surface area contributed by atoms with Crippen LogP contribution < -0.4 is 10.6 Å². The fourth-order valence-corrected chi connectivity index (χ4v) is 3.85. The number of piperidine rings is 1. The standard InChI is InChI=1S/C21H33N3O2/c1-17-2-5-19(6-3-17)20(16-24-12-14-26-15-13-24)23-21(25)7-4-18-8-10-22-11-9-18/h2-3,5-6,18,20,22H,4,7-16H2,1H3,(H,23,25). The summed E-state index contributed by atoms with van der Waals surface area (Å²) in [5, 5.41) is 6.69. The summed E-state index contributed by atoms with van der Waals surface area (Å²) in [6.45, 7) is 8.57. The summed E-state index contributed by atoms with van der Waals surface area (Å²) in [5.41, 5.74) is 2.44. The molecule has 0 aromatic heterocycles. The van der Waals surface area contributed by atoms with Gasteiger partial charge in [-0.1, -0.05) is 29.8 Å². The van der Waals surface area contributed by atoms with E-state index < -0.39 is 0 Å². The number of hydrogen-bond acceptors (Lipinski definition) is 4. The average Bonchev–Trinajstić information content (AvgIpc) is 2.68. The minimum absolute atomic E-state index is 0.0502. The molecule has 3 rings (SSSR count). The number of nitrogens with zero attached hydrogens (tertiary/aromatic N) is 1. The van der Waals surface area contributed by atoms with Gasteiger partial charge in [-0.15, -0.1) is 0 Å². The van der Waals surface area contributed by atoms with Gasteiger partial charge < -0.3 is 15.4 Å². The van der Waals surface area contributed by atoms with Gasteiger partial charge in [0, 0.05) is 26.1 Å². The van der Waals surface area contributed by atoms with Crippen molar-refractivity contribution >= 4 is 5.91 Å². The second-order valence-corrected chi connectivity index (χ2v) is 7.68. The maximum atomic E-state index is 12.6. The number of aryl methyl sites for hydroxylation is 1. The summed E-state index contributed by atoms with van der Waals surface area (Å²) in [6.07, 6.45) is 4.03. The fraction of sp³-hybridized carbons (Fsp3) is 0.667. The smallest absolute Gasteiger partial charge is 0.220 e. The summed E-state index contributed by atoms with van der Waals surface area (Å²) >= 11 is 0. The van der Waals surface area contributed by atoms with E-state index in [1.54, 1.807) is 0 Å². The van der Waals surface area contributed by atoms with Crippen molar-refractivity contribution in [3.05, 3.63) is 35.4 Å². The predicted octanol–water partition coefficient (Wildman–Crippen LogP) is 2.26. The van der Waals surface area contributed by atoms with E-state index in [4.69, 9.17) is 4.74 Å². The number of hydrogen-bond donors (Lipinski definition) is 2. The highest BCUT2D eigenvalue weighted by molar-refractivity contribution is 5.76. The molecule has 2 aliphatic heterocycles. The maximum Gasteiger partial charge on any atom is 0.220 e. The van der Waals surface area contributed by atoms with Crippen molar-refractivity contribution in [2.24, 2.45) is 5.92 Å². The van der Waals surface area contributed by atoms with Crippen LogP contribution in [-0.4, -0.2) is 56.7 Å². The Balaban J connectivity index is 1.56. The normalized spacial score (nSPS) is 20.7. The van der Waals surface area contributed by atoms with Crippen molar-refractivity contribution < 1.29 is 9.53 Å². The van der Waals surface area contributed by atoms with E-state index in [1.807, 2.05) is 0 Å². The van der Waals surface area contributed by atoms with E-state index in [1.165, 1.54) is 24.0 Å². The molecule has 2 aliphatic rings. The van der Waals surface area contributed by atoms with E-state index in [-0.39, 0.29) is 11.9 Å². The SMILES string of the molecule is Cc1ccc(C(CN2CCOCC2)NC(=O)CCC2CCNCC2)cc1. The number of ether oxygens (including phenoxy) is 1. The minimum Gasteiger partial charge on any atom is -0.379 e. The number of benzene rings is 1. The van der Waals surface area contributed by atoms with E-state index in [0.29, 0.717) is 12.3 Å². The Bertz CT molecular complexity index is 549. The highest BCUT2D eigenvalue weighted by Crippen LogP contribution is 2.20. The molecular formula is C21H33N3O2. The third-order valence-electron chi connectivity index (χ3n) is 5.60. The first kappa shape index (κ1) is 19.3. The van der Waals surface area contributed by atoms with Crippen molar-refractivity contribution in [2.75, 3.05) is 45.9 Å². The van der Waals surface area contributed by atoms with Gasteiger partial charge in [0.1, 0.15) is 0 Å². The molecule has 0 radical (unpaired) electrons. The Morgan fingerprint density at radius 2 is 1.92 bits per heavy atom. The highest BCUT2D eigenvalue weighted by atomic mass is 16.5. The van der Waals surface area contributed by atoms with Crippen LogP contribution in [0.5, 0.6) is 0 Å². The molecule has 1 unspecified atom stereocenters. The van der Waals surface area contributed by atoms with Crippen molar-refractivity contribution in [3.8, 4) is 0 Å². The second kappa shape index (κ2) is 10.0. The lowest BCUT2D eigenvalue weighted by Crippen LogP contribution is -2.43. The topological polar surface area (TPSA) is 53.6 Å². The van der Waals surface area contributed by atoms with Crippen LogP contribution in [0, 0.1) is 12.8 Å². The van der Waals surface area contributed by atoms with Gasteiger partial charge in [0.2, 0.25) is 5.91 Å². The third kappa shape index (κ3) is 6.08. The molecule has 2 heterocycles. The zero-order valence-corrected chi connectivity index (χ0v) is 16.0. The fourth-order valence-electron chi connectivity index (χ4n) is 3.85. The first-order valence-corrected chi connectivity index (χ1v) is 10.1. The average molecular weight is 360 g/mol. The number of carbonyl (C=O) groups is 1. The summed E-state index contributed by atoms with van der Waals surface area (Å²) in [5.74, 6) is 0.876. The van der Waals surface area contributed by atoms with Crippen LogP contribution in [0.4, 0.5) is 0 Å². The number of rotatable bonds is 7. The molecule has 0 spiro atoms. The van der Waals surface area contributed by atoms with Gasteiger partial charge in [0.15, 0.2) is 0 Å². The van der Waals surface area contributed by atoms with Gasteiger partial charge in [-0.2, -0.15) is 0 Å². The minimum atomic E-state index is 0.0502. The van der Waals surface area contributed by atoms with Crippen LogP contribution in [0.2, 0.25) is 0 Å². The molecule has 26 heavy (non-hydrogen) atoms. The lowest BCUT2D eigenvalue weighted by atomic mass is 9.93. The molecule has 1 atom stereocenters. The van der Waals surface area contributed by atoms with Crippen molar-refractivity contribution in [3.63, 3.8) is 0 Å². The molecule has 2 fully saturated rings. The molecule has 0 bridgehead atoms. The zero-order chi connectivity index (χ0) is 18.2. The van der Waals surface area contributed by atoms with Gasteiger partial charge in [-0.25, -0.2) is 0 Å². The van der Waals surface area contributed by atoms with Crippen LogP contribution in [0.1, 0.15) is 42.9 Å². The van der Waals surface area contributed by atoms with Crippen LogP contribution in [0.3, 0.4) is 0 Å². The molecule has 5 nitrogen and oxygen atoms in total. The Hall–Kier alpha value is -1.43. The molecule has 1 aromatic rings. The molecule has 1 aromatic carbocycles. The molecule has 2 saturated heterocycles. The first-order valence-electron chi connectivity index (χ1n) is 10.1. The lowest BCUT2D eigenvalue weighted by molar-refractivity contribution is -0.122. The number of nitrogens with one attached hydrogen (secondary N) is 2. The number of amides is 1. The first-order chi connectivity index (χ1) is 12.7. The monoisotopic (exact) mass is 359 g/mol. The molecule has 144 valence electrons. The lowest BCUT2D eigenvalue weighted by Gasteiger charge is -2.31. The van der Waals surface area contributed by atoms with Crippen molar-refractivity contribution in [1.82, 2.24) is 15.5 Å². The van der Waals surface area contributed by atoms with Gasteiger partial charge in [-0.3, -0.25) is 9.69 Å². The molecule has 0 saturated carbocycles. The van der Waals surface area contributed by atoms with E-state index in [0.717, 1.165) is 52.4 Å². The quantitative estimate of drug-likeness (QED) is 0.784. The second-order valence-electron chi connectivity index (χ2n) is 7.68. The Morgan fingerprint density at radius 3 is 2.62 bits per heavy atom. The van der Waals surface area contributed by atoms with Crippen LogP contribution in [0.15, 0.2) is 24.3 Å². The van der Waals surface area contributed by atoms with Crippen molar-refractivity contribution in [2.45, 2.75) is 38.6 Å². The number of carbonyl (C=O) groups excluding carboxylic acids is 1. The van der Waals surface area contributed by atoms with Gasteiger partial charge in [0.25, 0.3) is 0 Å². The Kier molecular flexibility index (Phi) is 7.47. The Labute approximate surface area is 157 Å². The summed E-state index contributed by atoms with van der Waals surface area (Å²) < 4.78 is 5.46. The van der Waals surface area contributed by atoms with E-state index >= 15 is 0 Å². The van der Waals surface area contributed by atoms with Gasteiger partial charge in [0.05, 0.1) is 19.3 Å². The van der Waals surface area contributed by atoms with Crippen molar-refractivity contribution in [1.29, 1.82) is 0 Å². The molecular weight excluding hydrogens is 326 g/mol. The third-order valence-corrected chi connectivity index (χ3v) is 5.60. The summed E-state index contributed by atoms with van der Waals surface area (Å²) in [4.78, 5) is 15.0. The van der Waals surface area contributed by atoms with Crippen LogP contribution in [0.25, 0.3) is 0 Å². The van der Waals surface area contributed by atoms with E-state index in [9.17, 15) is 4.79 Å². The molecule has 1 amide bonds.